The van der Waals surface area contributed by atoms with Crippen LogP contribution in [0.4, 0.5) is 0 Å². The summed E-state index contributed by atoms with van der Waals surface area (Å²) in [5, 5.41) is 0. The predicted molar refractivity (Wildman–Crippen MR) is 124 cm³/mol. The van der Waals surface area contributed by atoms with Crippen LogP contribution in [0.2, 0.25) is 0 Å². The summed E-state index contributed by atoms with van der Waals surface area (Å²) in [6.45, 7) is 0.367. The van der Waals surface area contributed by atoms with Gasteiger partial charge in [0.15, 0.2) is 11.5 Å². The van der Waals surface area contributed by atoms with Crippen molar-refractivity contribution < 1.29 is 19.1 Å². The summed E-state index contributed by atoms with van der Waals surface area (Å²) >= 11 is 0. The number of carbonyl (C=O) groups excluding carboxylic acids is 2. The lowest BCUT2D eigenvalue weighted by molar-refractivity contribution is -0.139. The van der Waals surface area contributed by atoms with E-state index in [9.17, 15) is 9.59 Å². The quantitative estimate of drug-likeness (QED) is 0.561. The molecular weight excluding hydrogens is 414 g/mol. The van der Waals surface area contributed by atoms with Crippen LogP contribution in [0.25, 0.3) is 0 Å². The van der Waals surface area contributed by atoms with Crippen LogP contribution in [0.5, 0.6) is 11.5 Å². The van der Waals surface area contributed by atoms with Crippen molar-refractivity contribution in [2.24, 2.45) is 11.8 Å². The van der Waals surface area contributed by atoms with Crippen molar-refractivity contribution in [2.45, 2.75) is 18.3 Å². The number of amides is 2. The first-order chi connectivity index (χ1) is 16.1. The van der Waals surface area contributed by atoms with Gasteiger partial charge in [-0.05, 0) is 46.4 Å². The average molecular weight is 440 g/mol. The van der Waals surface area contributed by atoms with E-state index in [1.165, 1.54) is 27.2 Å². The van der Waals surface area contributed by atoms with Crippen LogP contribution in [-0.2, 0) is 16.0 Å². The smallest absolute Gasteiger partial charge is 0.234 e. The van der Waals surface area contributed by atoms with E-state index < -0.39 is 0 Å². The molecule has 3 aromatic carbocycles. The van der Waals surface area contributed by atoms with Crippen molar-refractivity contribution in [1.29, 1.82) is 0 Å². The van der Waals surface area contributed by atoms with Crippen LogP contribution < -0.4 is 9.47 Å². The molecule has 1 aliphatic heterocycles. The number of carbonyl (C=O) groups is 2. The second kappa shape index (κ2) is 7.48. The highest BCUT2D eigenvalue weighted by molar-refractivity contribution is 6.07. The number of imide groups is 1. The Balaban J connectivity index is 1.34. The van der Waals surface area contributed by atoms with Gasteiger partial charge in [0.05, 0.1) is 26.1 Å². The van der Waals surface area contributed by atoms with E-state index in [0.29, 0.717) is 24.5 Å². The van der Waals surface area contributed by atoms with Crippen LogP contribution in [0.3, 0.4) is 0 Å². The molecule has 5 nitrogen and oxygen atoms in total. The molecule has 5 heteroatoms. The van der Waals surface area contributed by atoms with Crippen molar-refractivity contribution >= 4 is 11.8 Å². The molecule has 1 heterocycles. The molecule has 2 amide bonds. The van der Waals surface area contributed by atoms with Crippen LogP contribution in [0.1, 0.15) is 39.7 Å². The average Bonchev–Trinajstić information content (AvgIpc) is 3.12. The lowest BCUT2D eigenvalue weighted by Crippen LogP contribution is -2.41. The summed E-state index contributed by atoms with van der Waals surface area (Å²) in [5.74, 6) is 0.466. The summed E-state index contributed by atoms with van der Waals surface area (Å²) in [6, 6.07) is 22.4. The van der Waals surface area contributed by atoms with Gasteiger partial charge in [0.2, 0.25) is 11.8 Å². The fraction of sp³-hybridized carbons (Fsp3) is 0.286. The van der Waals surface area contributed by atoms with Crippen molar-refractivity contribution in [2.75, 3.05) is 20.8 Å². The molecule has 0 spiro atoms. The Bertz CT molecular complexity index is 1170. The third-order valence-electron chi connectivity index (χ3n) is 7.61. The highest BCUT2D eigenvalue weighted by Crippen LogP contribution is 2.60. The standard InChI is InChI=1S/C28H25NO4/c1-32-21-12-11-16(15-22(21)33-2)13-14-29-27(30)25-23-17-7-3-4-8-18(17)24(26(25)28(29)31)20-10-6-5-9-19(20)23/h3-12,15,23-26H,13-14H2,1-2H3/t23?,24?,25-,26+. The molecule has 0 unspecified atom stereocenters. The molecule has 1 fully saturated rings. The lowest BCUT2D eigenvalue weighted by Gasteiger charge is -2.45. The largest absolute Gasteiger partial charge is 0.493 e. The number of methoxy groups -OCH3 is 2. The maximum absolute atomic E-state index is 13.7. The molecule has 4 aliphatic rings. The highest BCUT2D eigenvalue weighted by Gasteiger charge is 2.61. The van der Waals surface area contributed by atoms with E-state index in [0.717, 1.165) is 5.56 Å². The minimum atomic E-state index is -0.322. The molecule has 3 aromatic rings. The molecule has 0 radical (unpaired) electrons. The maximum atomic E-state index is 13.7. The Morgan fingerprint density at radius 2 is 1.18 bits per heavy atom. The monoisotopic (exact) mass is 439 g/mol. The molecule has 0 aromatic heterocycles. The predicted octanol–water partition coefficient (Wildman–Crippen LogP) is 4.14. The Hall–Kier alpha value is -3.60. The number of nitrogens with zero attached hydrogens (tertiary/aromatic N) is 1. The normalized spacial score (nSPS) is 24.4. The van der Waals surface area contributed by atoms with Crippen molar-refractivity contribution in [3.8, 4) is 11.5 Å². The molecule has 2 bridgehead atoms. The molecule has 0 N–H and O–H groups in total. The van der Waals surface area contributed by atoms with Crippen molar-refractivity contribution in [1.82, 2.24) is 4.90 Å². The number of hydrogen-bond acceptors (Lipinski definition) is 4. The van der Waals surface area contributed by atoms with E-state index in [1.807, 2.05) is 42.5 Å². The van der Waals surface area contributed by atoms with Gasteiger partial charge in [-0.25, -0.2) is 0 Å². The SMILES string of the molecule is COc1ccc(CCN2C(=O)[C@@H]3C4c5ccccc5C(c5ccccc54)[C@@H]3C2=O)cc1OC. The van der Waals surface area contributed by atoms with E-state index in [-0.39, 0.29) is 35.5 Å². The molecular formula is C28H25NO4. The van der Waals surface area contributed by atoms with Crippen molar-refractivity contribution in [3.05, 3.63) is 94.5 Å². The number of likely N-dealkylation sites (tertiary alicyclic amines) is 1. The Morgan fingerprint density at radius 1 is 0.697 bits per heavy atom. The third-order valence-corrected chi connectivity index (χ3v) is 7.61. The lowest BCUT2D eigenvalue weighted by atomic mass is 9.55. The second-order valence-electron chi connectivity index (χ2n) is 9.03. The highest BCUT2D eigenvalue weighted by atomic mass is 16.5. The van der Waals surface area contributed by atoms with E-state index >= 15 is 0 Å². The Morgan fingerprint density at radius 3 is 1.64 bits per heavy atom. The van der Waals surface area contributed by atoms with Gasteiger partial charge < -0.3 is 9.47 Å². The van der Waals surface area contributed by atoms with Crippen molar-refractivity contribution in [3.63, 3.8) is 0 Å². The summed E-state index contributed by atoms with van der Waals surface area (Å²) in [7, 11) is 3.20. The summed E-state index contributed by atoms with van der Waals surface area (Å²) in [4.78, 5) is 28.8. The zero-order valence-corrected chi connectivity index (χ0v) is 18.7. The van der Waals surface area contributed by atoms with E-state index in [4.69, 9.17) is 9.47 Å². The first kappa shape index (κ1) is 20.0. The molecule has 33 heavy (non-hydrogen) atoms. The van der Waals surface area contributed by atoms with E-state index in [1.54, 1.807) is 14.2 Å². The van der Waals surface area contributed by atoms with Gasteiger partial charge in [0.1, 0.15) is 0 Å². The summed E-state index contributed by atoms with van der Waals surface area (Å²) in [6.07, 6.45) is 0.576. The number of hydrogen-bond donors (Lipinski definition) is 0. The van der Waals surface area contributed by atoms with Crippen LogP contribution >= 0.6 is 0 Å². The third kappa shape index (κ3) is 2.78. The van der Waals surface area contributed by atoms with Gasteiger partial charge in [-0.1, -0.05) is 54.6 Å². The first-order valence-corrected chi connectivity index (χ1v) is 11.4. The molecule has 1 saturated heterocycles. The zero-order chi connectivity index (χ0) is 22.7. The Kier molecular flexibility index (Phi) is 4.54. The maximum Gasteiger partial charge on any atom is 0.234 e. The molecule has 2 atom stereocenters. The van der Waals surface area contributed by atoms with Gasteiger partial charge in [-0.3, -0.25) is 14.5 Å². The van der Waals surface area contributed by atoms with Gasteiger partial charge in [-0.2, -0.15) is 0 Å². The number of benzene rings is 3. The molecule has 166 valence electrons. The van der Waals surface area contributed by atoms with Gasteiger partial charge in [-0.15, -0.1) is 0 Å². The minimum absolute atomic E-state index is 0.0375. The Labute approximate surface area is 192 Å². The summed E-state index contributed by atoms with van der Waals surface area (Å²) < 4.78 is 10.7. The molecule has 7 rings (SSSR count). The van der Waals surface area contributed by atoms with E-state index in [2.05, 4.69) is 24.3 Å². The van der Waals surface area contributed by atoms with Crippen LogP contribution in [-0.4, -0.2) is 37.5 Å². The summed E-state index contributed by atoms with van der Waals surface area (Å²) in [5.41, 5.74) is 5.80. The zero-order valence-electron chi connectivity index (χ0n) is 18.7. The molecule has 3 aliphatic carbocycles. The topological polar surface area (TPSA) is 55.8 Å². The van der Waals surface area contributed by atoms with Gasteiger partial charge in [0.25, 0.3) is 0 Å². The molecule has 0 saturated carbocycles. The second-order valence-corrected chi connectivity index (χ2v) is 9.03. The van der Waals surface area contributed by atoms with Gasteiger partial charge >= 0.3 is 0 Å². The minimum Gasteiger partial charge on any atom is -0.493 e. The fourth-order valence-corrected chi connectivity index (χ4v) is 6.24. The number of rotatable bonds is 5. The van der Waals surface area contributed by atoms with Crippen LogP contribution in [0.15, 0.2) is 66.7 Å². The van der Waals surface area contributed by atoms with Gasteiger partial charge in [0, 0.05) is 18.4 Å². The first-order valence-electron chi connectivity index (χ1n) is 11.4. The van der Waals surface area contributed by atoms with Crippen LogP contribution in [0, 0.1) is 11.8 Å². The number of ether oxygens (including phenoxy) is 2. The fourth-order valence-electron chi connectivity index (χ4n) is 6.24.